The molecule has 0 amide bonds. The average Bonchev–Trinajstić information content (AvgIpc) is 3.22. The molecule has 6 aromatic rings. The highest BCUT2D eigenvalue weighted by atomic mass is 16.5. The smallest absolute Gasteiger partial charge is 0.145 e. The van der Waals surface area contributed by atoms with E-state index in [1.807, 2.05) is 146 Å². The summed E-state index contributed by atoms with van der Waals surface area (Å²) in [4.78, 5) is 0. The molecule has 0 unspecified atom stereocenters. The zero-order chi connectivity index (χ0) is 35.8. The van der Waals surface area contributed by atoms with Gasteiger partial charge in [-0.25, -0.2) is 0 Å². The van der Waals surface area contributed by atoms with E-state index in [9.17, 15) is 0 Å². The molecule has 0 aliphatic heterocycles. The molecular weight excluding hydrogens is 640 g/mol. The Morgan fingerprint density at radius 2 is 0.373 bits per heavy atom. The van der Waals surface area contributed by atoms with Crippen LogP contribution in [0.2, 0.25) is 0 Å². The molecule has 7 nitrogen and oxygen atoms in total. The molecular formula is C44H42O7. The van der Waals surface area contributed by atoms with E-state index >= 15 is 0 Å². The third kappa shape index (κ3) is 6.68. The fourth-order valence-corrected chi connectivity index (χ4v) is 6.54. The maximum Gasteiger partial charge on any atom is 0.145 e. The highest BCUT2D eigenvalue weighted by molar-refractivity contribution is 5.56. The second-order valence-electron chi connectivity index (χ2n) is 11.8. The molecule has 6 rings (SSSR count). The second kappa shape index (κ2) is 15.3. The third-order valence-electron chi connectivity index (χ3n) is 9.29. The molecule has 0 N–H and O–H groups in total. The van der Waals surface area contributed by atoms with Crippen LogP contribution in [0.5, 0.6) is 34.5 Å². The summed E-state index contributed by atoms with van der Waals surface area (Å²) in [6.45, 7) is 0. The summed E-state index contributed by atoms with van der Waals surface area (Å²) in [5.41, 5.74) is 2.78. The average molecular weight is 683 g/mol. The minimum atomic E-state index is -1.23. The van der Waals surface area contributed by atoms with Crippen LogP contribution in [0.25, 0.3) is 0 Å². The van der Waals surface area contributed by atoms with Crippen molar-refractivity contribution in [2.24, 2.45) is 0 Å². The van der Waals surface area contributed by atoms with Crippen LogP contribution in [0.3, 0.4) is 0 Å². The molecule has 0 fully saturated rings. The van der Waals surface area contributed by atoms with Crippen molar-refractivity contribution < 1.29 is 33.2 Å². The Balaban J connectivity index is 1.77. The number of rotatable bonds is 14. The van der Waals surface area contributed by atoms with Crippen molar-refractivity contribution in [2.75, 3.05) is 42.7 Å². The first-order valence-corrected chi connectivity index (χ1v) is 16.5. The molecule has 260 valence electrons. The van der Waals surface area contributed by atoms with E-state index in [0.29, 0.717) is 0 Å². The SMILES string of the molecule is COc1ccc(C(OC(c2ccc(OC)cc2)(c2ccc(OC)cc2)c2ccc(OC)cc2)(c2ccc(OC)cc2)c2ccc(OC)cc2)cc1. The highest BCUT2D eigenvalue weighted by Crippen LogP contribution is 2.52. The van der Waals surface area contributed by atoms with Crippen LogP contribution in [0.4, 0.5) is 0 Å². The van der Waals surface area contributed by atoms with Gasteiger partial charge in [0, 0.05) is 0 Å². The van der Waals surface area contributed by atoms with Gasteiger partial charge in [0.15, 0.2) is 0 Å². The van der Waals surface area contributed by atoms with E-state index in [-0.39, 0.29) is 0 Å². The van der Waals surface area contributed by atoms with E-state index in [1.54, 1.807) is 42.7 Å². The zero-order valence-electron chi connectivity index (χ0n) is 29.7. The fraction of sp³-hybridized carbons (Fsp3) is 0.182. The normalized spacial score (nSPS) is 11.4. The van der Waals surface area contributed by atoms with Crippen LogP contribution in [-0.2, 0) is 15.9 Å². The lowest BCUT2D eigenvalue weighted by atomic mass is 9.75. The van der Waals surface area contributed by atoms with Gasteiger partial charge in [0.25, 0.3) is 0 Å². The van der Waals surface area contributed by atoms with Crippen LogP contribution in [-0.4, -0.2) is 42.7 Å². The predicted octanol–water partition coefficient (Wildman–Crippen LogP) is 9.04. The quantitative estimate of drug-likeness (QED) is 0.106. The Kier molecular flexibility index (Phi) is 10.5. The van der Waals surface area contributed by atoms with E-state index < -0.39 is 11.2 Å². The number of ether oxygens (including phenoxy) is 7. The molecule has 0 aliphatic rings. The maximum atomic E-state index is 8.14. The van der Waals surface area contributed by atoms with Gasteiger partial charge in [0.1, 0.15) is 45.7 Å². The van der Waals surface area contributed by atoms with Crippen LogP contribution in [0.1, 0.15) is 33.4 Å². The molecule has 7 heteroatoms. The minimum absolute atomic E-state index is 0.726. The van der Waals surface area contributed by atoms with Gasteiger partial charge in [-0.05, 0) is 106 Å². The van der Waals surface area contributed by atoms with Gasteiger partial charge >= 0.3 is 0 Å². The Morgan fingerprint density at radius 1 is 0.235 bits per heavy atom. The van der Waals surface area contributed by atoms with Gasteiger partial charge in [-0.3, -0.25) is 0 Å². The van der Waals surface area contributed by atoms with E-state index in [1.165, 1.54) is 0 Å². The van der Waals surface area contributed by atoms with Crippen molar-refractivity contribution in [3.63, 3.8) is 0 Å². The molecule has 0 saturated heterocycles. The highest BCUT2D eigenvalue weighted by Gasteiger charge is 2.49. The molecule has 0 heterocycles. The Labute approximate surface area is 299 Å². The third-order valence-corrected chi connectivity index (χ3v) is 9.29. The number of hydrogen-bond donors (Lipinski definition) is 0. The first kappa shape index (κ1) is 34.9. The summed E-state index contributed by atoms with van der Waals surface area (Å²) in [6.07, 6.45) is 0. The summed E-state index contributed by atoms with van der Waals surface area (Å²) in [5, 5.41) is 0. The Hall–Kier alpha value is -5.92. The summed E-state index contributed by atoms with van der Waals surface area (Å²) < 4.78 is 41.9. The molecule has 0 aliphatic carbocycles. The van der Waals surface area contributed by atoms with E-state index in [2.05, 4.69) is 0 Å². The van der Waals surface area contributed by atoms with E-state index in [0.717, 1.165) is 67.9 Å². The summed E-state index contributed by atoms with van der Waals surface area (Å²) >= 11 is 0. The first-order chi connectivity index (χ1) is 24.9. The number of benzene rings is 6. The van der Waals surface area contributed by atoms with Crippen LogP contribution >= 0.6 is 0 Å². The molecule has 0 radical (unpaired) electrons. The molecule has 0 atom stereocenters. The van der Waals surface area contributed by atoms with Crippen LogP contribution in [0, 0.1) is 0 Å². The van der Waals surface area contributed by atoms with Crippen molar-refractivity contribution in [2.45, 2.75) is 11.2 Å². The van der Waals surface area contributed by atoms with Gasteiger partial charge in [0.05, 0.1) is 42.7 Å². The lowest BCUT2D eigenvalue weighted by Crippen LogP contribution is -2.44. The number of methoxy groups -OCH3 is 6. The van der Waals surface area contributed by atoms with Crippen molar-refractivity contribution in [3.8, 4) is 34.5 Å². The fourth-order valence-electron chi connectivity index (χ4n) is 6.54. The van der Waals surface area contributed by atoms with Crippen molar-refractivity contribution >= 4 is 0 Å². The standard InChI is InChI=1S/C44H42O7/c1-45-37-19-7-31(8-20-37)43(32-9-21-38(46-2)22-10-32,33-11-23-39(47-3)24-12-33)51-44(34-13-25-40(48-4)26-14-34,35-15-27-41(49-5)28-16-35)36-17-29-42(50-6)30-18-36/h7-30H,1-6H3. The van der Waals surface area contributed by atoms with Gasteiger partial charge in [0.2, 0.25) is 0 Å². The second-order valence-corrected chi connectivity index (χ2v) is 11.8. The van der Waals surface area contributed by atoms with Crippen molar-refractivity contribution in [1.82, 2.24) is 0 Å². The minimum Gasteiger partial charge on any atom is -0.497 e. The largest absolute Gasteiger partial charge is 0.497 e. The first-order valence-electron chi connectivity index (χ1n) is 16.5. The molecule has 0 saturated carbocycles. The summed E-state index contributed by atoms with van der Waals surface area (Å²) in [5.74, 6) is 4.35. The molecule has 0 aromatic heterocycles. The van der Waals surface area contributed by atoms with Crippen LogP contribution in [0.15, 0.2) is 146 Å². The van der Waals surface area contributed by atoms with Gasteiger partial charge in [-0.2, -0.15) is 0 Å². The Morgan fingerprint density at radius 3 is 0.490 bits per heavy atom. The van der Waals surface area contributed by atoms with Gasteiger partial charge in [-0.15, -0.1) is 0 Å². The maximum absolute atomic E-state index is 8.14. The molecule has 0 spiro atoms. The summed E-state index contributed by atoms with van der Waals surface area (Å²) in [6, 6.07) is 48.1. The van der Waals surface area contributed by atoms with Gasteiger partial charge in [-0.1, -0.05) is 72.8 Å². The van der Waals surface area contributed by atoms with Crippen LogP contribution < -0.4 is 28.4 Å². The molecule has 0 bridgehead atoms. The lowest BCUT2D eigenvalue weighted by Gasteiger charge is -2.46. The molecule has 6 aromatic carbocycles. The Bertz CT molecular complexity index is 1610. The van der Waals surface area contributed by atoms with E-state index in [4.69, 9.17) is 33.2 Å². The van der Waals surface area contributed by atoms with Crippen molar-refractivity contribution in [1.29, 1.82) is 0 Å². The monoisotopic (exact) mass is 682 g/mol. The van der Waals surface area contributed by atoms with Crippen molar-refractivity contribution in [3.05, 3.63) is 179 Å². The molecule has 51 heavy (non-hydrogen) atoms. The zero-order valence-corrected chi connectivity index (χ0v) is 29.7. The van der Waals surface area contributed by atoms with Gasteiger partial charge < -0.3 is 33.2 Å². The summed E-state index contributed by atoms with van der Waals surface area (Å²) in [7, 11) is 9.96. The topological polar surface area (TPSA) is 64.6 Å². The lowest BCUT2D eigenvalue weighted by molar-refractivity contribution is -0.0811. The number of hydrogen-bond acceptors (Lipinski definition) is 7. The predicted molar refractivity (Wildman–Crippen MR) is 199 cm³/mol.